The number of thioether (sulfide) groups is 1. The molecule has 24 heavy (non-hydrogen) atoms. The molecule has 0 saturated heterocycles. The second kappa shape index (κ2) is 6.96. The third-order valence-corrected chi connectivity index (χ3v) is 4.61. The zero-order chi connectivity index (χ0) is 17.1. The summed E-state index contributed by atoms with van der Waals surface area (Å²) < 4.78 is 6.48. The van der Waals surface area contributed by atoms with Crippen molar-refractivity contribution in [2.45, 2.75) is 30.7 Å². The predicted octanol–water partition coefficient (Wildman–Crippen LogP) is 2.23. The van der Waals surface area contributed by atoms with Crippen LogP contribution in [-0.4, -0.2) is 43.3 Å². The number of carbonyl (C=O) groups excluding carboxylic acids is 1. The van der Waals surface area contributed by atoms with Gasteiger partial charge in [0.25, 0.3) is 0 Å². The minimum atomic E-state index is -0.379. The van der Waals surface area contributed by atoms with Gasteiger partial charge in [0, 0.05) is 0 Å². The van der Waals surface area contributed by atoms with Gasteiger partial charge < -0.3 is 4.74 Å². The molecule has 0 unspecified atom stereocenters. The summed E-state index contributed by atoms with van der Waals surface area (Å²) >= 11 is 1.29. The highest BCUT2D eigenvalue weighted by molar-refractivity contribution is 8.00. The van der Waals surface area contributed by atoms with Crippen molar-refractivity contribution in [1.82, 2.24) is 25.0 Å². The van der Waals surface area contributed by atoms with Crippen molar-refractivity contribution in [2.24, 2.45) is 0 Å². The molecule has 7 nitrogen and oxygen atoms in total. The van der Waals surface area contributed by atoms with Crippen LogP contribution in [0.15, 0.2) is 35.6 Å². The lowest BCUT2D eigenvalue weighted by molar-refractivity contribution is -0.139. The first-order valence-electron chi connectivity index (χ1n) is 7.42. The van der Waals surface area contributed by atoms with E-state index in [9.17, 15) is 4.79 Å². The fraction of sp³-hybridized carbons (Fsp3) is 0.312. The van der Waals surface area contributed by atoms with Crippen LogP contribution in [0.4, 0.5) is 0 Å². The van der Waals surface area contributed by atoms with E-state index in [1.54, 1.807) is 11.6 Å². The third-order valence-electron chi connectivity index (χ3n) is 3.54. The lowest BCUT2D eigenvalue weighted by Gasteiger charge is -2.08. The van der Waals surface area contributed by atoms with Gasteiger partial charge in [-0.2, -0.15) is 0 Å². The summed E-state index contributed by atoms with van der Waals surface area (Å²) in [6.45, 7) is 4.39. The second-order valence-corrected chi connectivity index (χ2v) is 6.70. The molecule has 124 valence electrons. The van der Waals surface area contributed by atoms with E-state index >= 15 is 0 Å². The van der Waals surface area contributed by atoms with Gasteiger partial charge in [-0.3, -0.25) is 4.79 Å². The zero-order valence-electron chi connectivity index (χ0n) is 13.6. The molecule has 0 saturated carbocycles. The van der Waals surface area contributed by atoms with Crippen LogP contribution in [0.1, 0.15) is 18.1 Å². The van der Waals surface area contributed by atoms with Gasteiger partial charge in [0.2, 0.25) is 0 Å². The Labute approximate surface area is 143 Å². The maximum atomic E-state index is 11.6. The van der Waals surface area contributed by atoms with Gasteiger partial charge in [0.05, 0.1) is 13.7 Å². The van der Waals surface area contributed by atoms with Crippen molar-refractivity contribution < 1.29 is 9.53 Å². The molecule has 8 heteroatoms. The Morgan fingerprint density at radius 2 is 2.04 bits per heavy atom. The molecule has 2 aromatic heterocycles. The summed E-state index contributed by atoms with van der Waals surface area (Å²) in [6.07, 6.45) is 1.46. The highest BCUT2D eigenvalue weighted by Crippen LogP contribution is 2.27. The molecular formula is C16H17N5O2S. The Balaban J connectivity index is 1.88. The third kappa shape index (κ3) is 3.38. The van der Waals surface area contributed by atoms with E-state index in [2.05, 4.69) is 44.5 Å². The van der Waals surface area contributed by atoms with E-state index in [1.165, 1.54) is 30.8 Å². The molecule has 0 aliphatic heterocycles. The van der Waals surface area contributed by atoms with Crippen molar-refractivity contribution in [2.75, 3.05) is 7.11 Å². The molecule has 0 aliphatic carbocycles. The number of hydrogen-bond acceptors (Lipinski definition) is 7. The molecule has 0 bridgehead atoms. The van der Waals surface area contributed by atoms with E-state index in [1.807, 2.05) is 6.92 Å². The average molecular weight is 343 g/mol. The highest BCUT2D eigenvalue weighted by atomic mass is 32.2. The van der Waals surface area contributed by atoms with E-state index in [4.69, 9.17) is 4.74 Å². The topological polar surface area (TPSA) is 82.8 Å². The molecule has 0 N–H and O–H groups in total. The minimum Gasteiger partial charge on any atom is -0.468 e. The van der Waals surface area contributed by atoms with Gasteiger partial charge in [-0.1, -0.05) is 46.8 Å². The fourth-order valence-corrected chi connectivity index (χ4v) is 3.09. The van der Waals surface area contributed by atoms with Crippen molar-refractivity contribution in [1.29, 1.82) is 0 Å². The largest absolute Gasteiger partial charge is 0.468 e. The second-order valence-electron chi connectivity index (χ2n) is 5.37. The number of aromatic nitrogens is 5. The molecule has 1 aromatic carbocycles. The van der Waals surface area contributed by atoms with Crippen molar-refractivity contribution >= 4 is 28.9 Å². The molecule has 0 fully saturated rings. The number of ether oxygens (including phenoxy) is 1. The number of carbonyl (C=O) groups is 1. The Bertz CT molecular complexity index is 863. The standard InChI is InChI=1S/C16H17N5O2S/c1-10-4-6-12(7-5-10)8-21-14-13(19-20-21)15(18-9-17-14)24-11(2)16(22)23-3/h4-7,9,11H,8H2,1-3H3/t11-/m1/s1. The predicted molar refractivity (Wildman–Crippen MR) is 90.7 cm³/mol. The van der Waals surface area contributed by atoms with Crippen LogP contribution < -0.4 is 0 Å². The van der Waals surface area contributed by atoms with Crippen LogP contribution in [0.25, 0.3) is 11.2 Å². The van der Waals surface area contributed by atoms with Gasteiger partial charge in [0.1, 0.15) is 16.6 Å². The van der Waals surface area contributed by atoms with Crippen LogP contribution in [0.2, 0.25) is 0 Å². The maximum Gasteiger partial charge on any atom is 0.318 e. The summed E-state index contributed by atoms with van der Waals surface area (Å²) in [5, 5.41) is 8.61. The maximum absolute atomic E-state index is 11.6. The van der Waals surface area contributed by atoms with Crippen LogP contribution in [0, 0.1) is 6.92 Å². The van der Waals surface area contributed by atoms with Gasteiger partial charge in [-0.25, -0.2) is 14.6 Å². The summed E-state index contributed by atoms with van der Waals surface area (Å²) in [5.74, 6) is -0.307. The Morgan fingerprint density at radius 3 is 2.75 bits per heavy atom. The summed E-state index contributed by atoms with van der Waals surface area (Å²) in [7, 11) is 1.37. The Kier molecular flexibility index (Phi) is 4.75. The molecule has 3 rings (SSSR count). The number of aryl methyl sites for hydroxylation is 1. The van der Waals surface area contributed by atoms with Crippen molar-refractivity contribution in [3.63, 3.8) is 0 Å². The highest BCUT2D eigenvalue weighted by Gasteiger charge is 2.19. The monoisotopic (exact) mass is 343 g/mol. The number of benzene rings is 1. The molecule has 0 radical (unpaired) electrons. The molecular weight excluding hydrogens is 326 g/mol. The Hall–Kier alpha value is -2.48. The molecule has 2 heterocycles. The zero-order valence-corrected chi connectivity index (χ0v) is 14.4. The van der Waals surface area contributed by atoms with Crippen LogP contribution >= 0.6 is 11.8 Å². The number of rotatable bonds is 5. The fourth-order valence-electron chi connectivity index (χ4n) is 2.21. The normalized spacial score (nSPS) is 12.3. The summed E-state index contributed by atoms with van der Waals surface area (Å²) in [5.41, 5.74) is 3.55. The van der Waals surface area contributed by atoms with Crippen molar-refractivity contribution in [3.8, 4) is 0 Å². The van der Waals surface area contributed by atoms with E-state index in [-0.39, 0.29) is 11.2 Å². The minimum absolute atomic E-state index is 0.307. The van der Waals surface area contributed by atoms with Gasteiger partial charge in [-0.05, 0) is 19.4 Å². The first-order valence-corrected chi connectivity index (χ1v) is 8.30. The van der Waals surface area contributed by atoms with Crippen LogP contribution in [0.3, 0.4) is 0 Å². The molecule has 3 aromatic rings. The van der Waals surface area contributed by atoms with E-state index in [0.29, 0.717) is 22.7 Å². The van der Waals surface area contributed by atoms with E-state index in [0.717, 1.165) is 5.56 Å². The lowest BCUT2D eigenvalue weighted by atomic mass is 10.1. The average Bonchev–Trinajstić information content (AvgIpc) is 3.00. The van der Waals surface area contributed by atoms with Gasteiger partial charge >= 0.3 is 5.97 Å². The van der Waals surface area contributed by atoms with Gasteiger partial charge in [-0.15, -0.1) is 5.10 Å². The van der Waals surface area contributed by atoms with Crippen molar-refractivity contribution in [3.05, 3.63) is 41.7 Å². The smallest absolute Gasteiger partial charge is 0.318 e. The molecule has 0 amide bonds. The number of esters is 1. The number of methoxy groups -OCH3 is 1. The van der Waals surface area contributed by atoms with Crippen LogP contribution in [0.5, 0.6) is 0 Å². The Morgan fingerprint density at radius 1 is 1.29 bits per heavy atom. The first kappa shape index (κ1) is 16.4. The first-order chi connectivity index (χ1) is 11.6. The lowest BCUT2D eigenvalue weighted by Crippen LogP contribution is -2.14. The van der Waals surface area contributed by atoms with E-state index < -0.39 is 0 Å². The van der Waals surface area contributed by atoms with Gasteiger partial charge in [0.15, 0.2) is 11.2 Å². The molecule has 0 spiro atoms. The number of hydrogen-bond donors (Lipinski definition) is 0. The molecule has 1 atom stereocenters. The summed E-state index contributed by atoms with van der Waals surface area (Å²) in [6, 6.07) is 8.23. The quantitative estimate of drug-likeness (QED) is 0.399. The number of fused-ring (bicyclic) bond motifs is 1. The van der Waals surface area contributed by atoms with Crippen LogP contribution in [-0.2, 0) is 16.1 Å². The summed E-state index contributed by atoms with van der Waals surface area (Å²) in [4.78, 5) is 20.1. The molecule has 0 aliphatic rings. The SMILES string of the molecule is COC(=O)[C@@H](C)Sc1ncnc2c1nnn2Cc1ccc(C)cc1. The number of nitrogens with zero attached hydrogens (tertiary/aromatic N) is 5.